The zero-order chi connectivity index (χ0) is 10.8. The van der Waals surface area contributed by atoms with Crippen molar-refractivity contribution in [1.82, 2.24) is 5.32 Å². The van der Waals surface area contributed by atoms with Crippen LogP contribution in [0.2, 0.25) is 0 Å². The van der Waals surface area contributed by atoms with Crippen molar-refractivity contribution in [3.05, 3.63) is 35.4 Å². The fraction of sp³-hybridized carbons (Fsp3) is 0.385. The van der Waals surface area contributed by atoms with Crippen LogP contribution in [0.15, 0.2) is 24.3 Å². The van der Waals surface area contributed by atoms with Crippen LogP contribution in [0.1, 0.15) is 24.5 Å². The van der Waals surface area contributed by atoms with E-state index in [2.05, 4.69) is 24.4 Å². The number of likely N-dealkylation sites (N-methyl/N-ethyl adjacent to an activating group) is 1. The Morgan fingerprint density at radius 3 is 2.93 bits per heavy atom. The highest BCUT2D eigenvalue weighted by atomic mass is 16.3. The molecular weight excluding hydrogens is 186 g/mol. The van der Waals surface area contributed by atoms with Crippen molar-refractivity contribution in [3.8, 4) is 5.75 Å². The summed E-state index contributed by atoms with van der Waals surface area (Å²) in [4.78, 5) is 0. The van der Waals surface area contributed by atoms with Gasteiger partial charge in [-0.2, -0.15) is 0 Å². The Morgan fingerprint density at radius 1 is 1.40 bits per heavy atom. The molecule has 0 fully saturated rings. The van der Waals surface area contributed by atoms with Gasteiger partial charge in [0.1, 0.15) is 5.75 Å². The molecule has 0 bridgehead atoms. The van der Waals surface area contributed by atoms with Crippen LogP contribution in [-0.4, -0.2) is 18.2 Å². The molecule has 15 heavy (non-hydrogen) atoms. The van der Waals surface area contributed by atoms with Gasteiger partial charge in [-0.25, -0.2) is 0 Å². The van der Waals surface area contributed by atoms with Gasteiger partial charge in [-0.1, -0.05) is 18.2 Å². The van der Waals surface area contributed by atoms with Gasteiger partial charge in [0.25, 0.3) is 0 Å². The van der Waals surface area contributed by atoms with Gasteiger partial charge in [-0.05, 0) is 44.0 Å². The van der Waals surface area contributed by atoms with Gasteiger partial charge in [0, 0.05) is 11.6 Å². The third-order valence-corrected chi connectivity index (χ3v) is 3.12. The van der Waals surface area contributed by atoms with E-state index in [1.165, 1.54) is 11.1 Å². The molecule has 1 aliphatic rings. The first-order chi connectivity index (χ1) is 7.24. The van der Waals surface area contributed by atoms with Crippen molar-refractivity contribution in [3.63, 3.8) is 0 Å². The van der Waals surface area contributed by atoms with Crippen LogP contribution < -0.4 is 5.32 Å². The molecular formula is C13H17NO. The molecule has 1 aromatic carbocycles. The second kappa shape index (κ2) is 4.07. The van der Waals surface area contributed by atoms with E-state index in [1.54, 1.807) is 6.07 Å². The smallest absolute Gasteiger partial charge is 0.119 e. The third-order valence-electron chi connectivity index (χ3n) is 3.12. The van der Waals surface area contributed by atoms with Crippen LogP contribution in [0.25, 0.3) is 5.57 Å². The van der Waals surface area contributed by atoms with Crippen LogP contribution in [0, 0.1) is 0 Å². The molecule has 1 unspecified atom stereocenters. The minimum Gasteiger partial charge on any atom is -0.508 e. The average Bonchev–Trinajstić information content (AvgIpc) is 2.28. The number of hydrogen-bond donors (Lipinski definition) is 2. The number of allylic oxidation sites excluding steroid dienone is 1. The molecule has 1 aliphatic carbocycles. The molecule has 2 N–H and O–H groups in total. The van der Waals surface area contributed by atoms with Gasteiger partial charge < -0.3 is 10.4 Å². The van der Waals surface area contributed by atoms with Crippen LogP contribution >= 0.6 is 0 Å². The maximum Gasteiger partial charge on any atom is 0.119 e. The first-order valence-electron chi connectivity index (χ1n) is 5.42. The van der Waals surface area contributed by atoms with Crippen LogP contribution in [0.3, 0.4) is 0 Å². The summed E-state index contributed by atoms with van der Waals surface area (Å²) in [5.74, 6) is 0.432. The number of benzene rings is 1. The Balaban J connectivity index is 2.47. The third kappa shape index (κ3) is 1.77. The molecule has 1 atom stereocenters. The number of nitrogens with one attached hydrogen (secondary N) is 1. The van der Waals surface area contributed by atoms with E-state index in [0.717, 1.165) is 18.4 Å². The van der Waals surface area contributed by atoms with Crippen molar-refractivity contribution < 1.29 is 5.11 Å². The van der Waals surface area contributed by atoms with Crippen molar-refractivity contribution in [1.29, 1.82) is 0 Å². The highest BCUT2D eigenvalue weighted by Crippen LogP contribution is 2.33. The summed E-state index contributed by atoms with van der Waals surface area (Å²) in [6, 6.07) is 6.11. The van der Waals surface area contributed by atoms with Crippen molar-refractivity contribution >= 4 is 5.57 Å². The lowest BCUT2D eigenvalue weighted by atomic mass is 9.87. The lowest BCUT2D eigenvalue weighted by Crippen LogP contribution is -2.24. The van der Waals surface area contributed by atoms with Crippen LogP contribution in [0.5, 0.6) is 5.75 Å². The predicted octanol–water partition coefficient (Wildman–Crippen LogP) is 2.33. The number of rotatable bonds is 2. The van der Waals surface area contributed by atoms with Crippen molar-refractivity contribution in [2.45, 2.75) is 25.8 Å². The van der Waals surface area contributed by atoms with E-state index in [1.807, 2.05) is 13.1 Å². The van der Waals surface area contributed by atoms with Gasteiger partial charge in [-0.3, -0.25) is 0 Å². The monoisotopic (exact) mass is 203 g/mol. The summed E-state index contributed by atoms with van der Waals surface area (Å²) in [6.07, 6.45) is 4.23. The SMILES string of the molecule is CNC(C)C1=CCCc2c(O)cccc21. The molecule has 1 aromatic rings. The predicted molar refractivity (Wildman–Crippen MR) is 62.9 cm³/mol. The minimum absolute atomic E-state index is 0.339. The van der Waals surface area contributed by atoms with E-state index >= 15 is 0 Å². The number of fused-ring (bicyclic) bond motifs is 1. The summed E-state index contributed by atoms with van der Waals surface area (Å²) in [7, 11) is 1.96. The largest absolute Gasteiger partial charge is 0.508 e. The number of phenols is 1. The molecule has 0 amide bonds. The van der Waals surface area contributed by atoms with Crippen LogP contribution in [-0.2, 0) is 6.42 Å². The van der Waals surface area contributed by atoms with Gasteiger partial charge in [0.15, 0.2) is 0 Å². The fourth-order valence-electron chi connectivity index (χ4n) is 2.16. The minimum atomic E-state index is 0.339. The van der Waals surface area contributed by atoms with Gasteiger partial charge >= 0.3 is 0 Å². The molecule has 0 spiro atoms. The van der Waals surface area contributed by atoms with E-state index in [4.69, 9.17) is 0 Å². The summed E-state index contributed by atoms with van der Waals surface area (Å²) >= 11 is 0. The van der Waals surface area contributed by atoms with E-state index < -0.39 is 0 Å². The molecule has 2 heteroatoms. The molecule has 0 heterocycles. The molecule has 2 rings (SSSR count). The van der Waals surface area contributed by atoms with Crippen molar-refractivity contribution in [2.75, 3.05) is 7.05 Å². The van der Waals surface area contributed by atoms with E-state index in [0.29, 0.717) is 11.8 Å². The highest BCUT2D eigenvalue weighted by molar-refractivity contribution is 5.74. The average molecular weight is 203 g/mol. The Morgan fingerprint density at radius 2 is 2.20 bits per heavy atom. The quantitative estimate of drug-likeness (QED) is 0.773. The molecule has 80 valence electrons. The summed E-state index contributed by atoms with van der Waals surface area (Å²) in [6.45, 7) is 2.14. The van der Waals surface area contributed by atoms with Crippen LogP contribution in [0.4, 0.5) is 0 Å². The first kappa shape index (κ1) is 10.2. The van der Waals surface area contributed by atoms with E-state index in [9.17, 15) is 5.11 Å². The number of phenolic OH excluding ortho intramolecular Hbond substituents is 1. The molecule has 2 nitrogen and oxygen atoms in total. The van der Waals surface area contributed by atoms with Crippen molar-refractivity contribution in [2.24, 2.45) is 0 Å². The topological polar surface area (TPSA) is 32.3 Å². The molecule has 0 aromatic heterocycles. The number of aromatic hydroxyl groups is 1. The van der Waals surface area contributed by atoms with Gasteiger partial charge in [0.2, 0.25) is 0 Å². The van der Waals surface area contributed by atoms with E-state index in [-0.39, 0.29) is 0 Å². The molecule has 0 saturated carbocycles. The lowest BCUT2D eigenvalue weighted by molar-refractivity contribution is 0.467. The maximum absolute atomic E-state index is 9.78. The second-order valence-electron chi connectivity index (χ2n) is 4.01. The number of hydrogen-bond acceptors (Lipinski definition) is 2. The fourth-order valence-corrected chi connectivity index (χ4v) is 2.16. The molecule has 0 saturated heterocycles. The zero-order valence-electron chi connectivity index (χ0n) is 9.25. The highest BCUT2D eigenvalue weighted by Gasteiger charge is 2.18. The first-order valence-corrected chi connectivity index (χ1v) is 5.42. The lowest BCUT2D eigenvalue weighted by Gasteiger charge is -2.23. The van der Waals surface area contributed by atoms with Gasteiger partial charge in [0.05, 0.1) is 0 Å². The second-order valence-corrected chi connectivity index (χ2v) is 4.01. The summed E-state index contributed by atoms with van der Waals surface area (Å²) in [5, 5.41) is 13.0. The zero-order valence-corrected chi connectivity index (χ0v) is 9.25. The summed E-state index contributed by atoms with van der Waals surface area (Å²) < 4.78 is 0. The Kier molecular flexibility index (Phi) is 2.78. The summed E-state index contributed by atoms with van der Waals surface area (Å²) in [5.41, 5.74) is 3.59. The standard InChI is InChI=1S/C13H17NO/c1-9(14-2)10-5-3-7-12-11(10)6-4-8-13(12)15/h4-6,8-9,14-15H,3,7H2,1-2H3. The maximum atomic E-state index is 9.78. The Hall–Kier alpha value is -1.28. The molecule has 0 radical (unpaired) electrons. The normalized spacial score (nSPS) is 16.8. The Labute approximate surface area is 90.6 Å². The Bertz CT molecular complexity index is 396. The molecule has 0 aliphatic heterocycles. The van der Waals surface area contributed by atoms with Gasteiger partial charge in [-0.15, -0.1) is 0 Å².